The van der Waals surface area contributed by atoms with E-state index < -0.39 is 0 Å². The van der Waals surface area contributed by atoms with Crippen molar-refractivity contribution in [2.45, 2.75) is 25.8 Å². The molecule has 17 heavy (non-hydrogen) atoms. The highest BCUT2D eigenvalue weighted by Crippen LogP contribution is 2.20. The minimum atomic E-state index is 0.454. The van der Waals surface area contributed by atoms with Crippen molar-refractivity contribution in [3.05, 3.63) is 11.8 Å². The average Bonchev–Trinajstić information content (AvgIpc) is 2.38. The monoisotopic (exact) mass is 236 g/mol. The Morgan fingerprint density at radius 3 is 2.65 bits per heavy atom. The molecule has 0 aliphatic carbocycles. The van der Waals surface area contributed by atoms with Gasteiger partial charge in [0, 0.05) is 30.9 Å². The van der Waals surface area contributed by atoms with Gasteiger partial charge >= 0.3 is 6.01 Å². The van der Waals surface area contributed by atoms with Crippen molar-refractivity contribution < 1.29 is 4.74 Å². The zero-order valence-corrected chi connectivity index (χ0v) is 10.7. The first-order valence-corrected chi connectivity index (χ1v) is 6.05. The number of rotatable bonds is 3. The summed E-state index contributed by atoms with van der Waals surface area (Å²) in [6.07, 6.45) is 2.31. The van der Waals surface area contributed by atoms with E-state index in [0.717, 1.165) is 37.4 Å². The largest absolute Gasteiger partial charge is 0.467 e. The number of methoxy groups -OCH3 is 1. The van der Waals surface area contributed by atoms with E-state index in [0.29, 0.717) is 12.1 Å². The lowest BCUT2D eigenvalue weighted by molar-refractivity contribution is 0.377. The normalized spacial score (nSPS) is 17.2. The van der Waals surface area contributed by atoms with Gasteiger partial charge in [-0.05, 0) is 26.8 Å². The van der Waals surface area contributed by atoms with Gasteiger partial charge in [-0.3, -0.25) is 0 Å². The molecule has 0 amide bonds. The van der Waals surface area contributed by atoms with E-state index in [1.165, 1.54) is 0 Å². The smallest absolute Gasteiger partial charge is 0.318 e. The second-order valence-electron chi connectivity index (χ2n) is 4.40. The summed E-state index contributed by atoms with van der Waals surface area (Å²) >= 11 is 0. The predicted octanol–water partition coefficient (Wildman–Crippen LogP) is 0.982. The van der Waals surface area contributed by atoms with Gasteiger partial charge in [0.15, 0.2) is 0 Å². The molecule has 94 valence electrons. The van der Waals surface area contributed by atoms with E-state index in [1.807, 2.05) is 20.0 Å². The van der Waals surface area contributed by atoms with E-state index in [9.17, 15) is 0 Å². The van der Waals surface area contributed by atoms with Crippen LogP contribution in [0, 0.1) is 6.92 Å². The van der Waals surface area contributed by atoms with Gasteiger partial charge in [-0.1, -0.05) is 0 Å². The van der Waals surface area contributed by atoms with Gasteiger partial charge in [0.1, 0.15) is 5.82 Å². The van der Waals surface area contributed by atoms with Gasteiger partial charge in [-0.25, -0.2) is 4.98 Å². The molecule has 0 unspecified atom stereocenters. The van der Waals surface area contributed by atoms with Gasteiger partial charge in [-0.15, -0.1) is 0 Å². The Hall–Kier alpha value is -1.36. The number of ether oxygens (including phenoxy) is 1. The summed E-state index contributed by atoms with van der Waals surface area (Å²) in [6.45, 7) is 4.03. The van der Waals surface area contributed by atoms with Gasteiger partial charge in [0.05, 0.1) is 7.11 Å². The molecule has 1 aliphatic rings. The van der Waals surface area contributed by atoms with E-state index in [4.69, 9.17) is 4.74 Å². The Kier molecular flexibility index (Phi) is 3.78. The van der Waals surface area contributed by atoms with E-state index in [-0.39, 0.29) is 0 Å². The Morgan fingerprint density at radius 1 is 1.35 bits per heavy atom. The Balaban J connectivity index is 2.10. The summed E-state index contributed by atoms with van der Waals surface area (Å²) in [5.41, 5.74) is 0.947. The number of nitrogens with one attached hydrogen (secondary N) is 1. The van der Waals surface area contributed by atoms with Gasteiger partial charge in [-0.2, -0.15) is 4.98 Å². The van der Waals surface area contributed by atoms with Crippen LogP contribution in [0.3, 0.4) is 0 Å². The molecule has 1 N–H and O–H groups in total. The van der Waals surface area contributed by atoms with Crippen LogP contribution in [0.25, 0.3) is 0 Å². The first-order valence-electron chi connectivity index (χ1n) is 6.05. The van der Waals surface area contributed by atoms with Gasteiger partial charge < -0.3 is 15.0 Å². The van der Waals surface area contributed by atoms with Crippen LogP contribution < -0.4 is 15.0 Å². The van der Waals surface area contributed by atoms with Crippen molar-refractivity contribution in [1.82, 2.24) is 15.3 Å². The van der Waals surface area contributed by atoms with Crippen molar-refractivity contribution in [1.29, 1.82) is 0 Å². The van der Waals surface area contributed by atoms with E-state index in [1.54, 1.807) is 7.11 Å². The molecule has 0 radical (unpaired) electrons. The number of anilines is 1. The molecule has 1 saturated heterocycles. The SMILES string of the molecule is CNC1CCN(c2cc(C)nc(OC)n2)CC1. The zero-order chi connectivity index (χ0) is 12.3. The van der Waals surface area contributed by atoms with Crippen molar-refractivity contribution >= 4 is 5.82 Å². The fraction of sp³-hybridized carbons (Fsp3) is 0.667. The van der Waals surface area contributed by atoms with Crippen molar-refractivity contribution in [2.24, 2.45) is 0 Å². The highest BCUT2D eigenvalue weighted by atomic mass is 16.5. The molecule has 0 saturated carbocycles. The maximum Gasteiger partial charge on any atom is 0.318 e. The molecule has 2 rings (SSSR count). The lowest BCUT2D eigenvalue weighted by atomic mass is 10.1. The topological polar surface area (TPSA) is 50.3 Å². The highest BCUT2D eigenvalue weighted by Gasteiger charge is 2.19. The summed E-state index contributed by atoms with van der Waals surface area (Å²) in [5.74, 6) is 0.976. The fourth-order valence-corrected chi connectivity index (χ4v) is 2.18. The average molecular weight is 236 g/mol. The van der Waals surface area contributed by atoms with Crippen LogP contribution in [0.4, 0.5) is 5.82 Å². The predicted molar refractivity (Wildman–Crippen MR) is 67.6 cm³/mol. The van der Waals surface area contributed by atoms with Gasteiger partial charge in [0.25, 0.3) is 0 Å². The molecule has 5 heteroatoms. The Bertz CT molecular complexity index is 375. The van der Waals surface area contributed by atoms with Crippen molar-refractivity contribution in [3.8, 4) is 6.01 Å². The molecular weight excluding hydrogens is 216 g/mol. The molecule has 0 atom stereocenters. The first kappa shape index (κ1) is 12.1. The molecule has 1 aromatic heterocycles. The Morgan fingerprint density at radius 2 is 2.06 bits per heavy atom. The number of hydrogen-bond donors (Lipinski definition) is 1. The lowest BCUT2D eigenvalue weighted by Crippen LogP contribution is -2.41. The molecule has 1 aromatic rings. The highest BCUT2D eigenvalue weighted by molar-refractivity contribution is 5.41. The van der Waals surface area contributed by atoms with E-state index in [2.05, 4.69) is 20.2 Å². The number of aromatic nitrogens is 2. The Labute approximate surface area is 102 Å². The number of aryl methyl sites for hydroxylation is 1. The first-order chi connectivity index (χ1) is 8.22. The fourth-order valence-electron chi connectivity index (χ4n) is 2.18. The van der Waals surface area contributed by atoms with Crippen molar-refractivity contribution in [2.75, 3.05) is 32.1 Å². The molecule has 1 aliphatic heterocycles. The maximum absolute atomic E-state index is 5.11. The van der Waals surface area contributed by atoms with Crippen LogP contribution in [-0.4, -0.2) is 43.3 Å². The zero-order valence-electron chi connectivity index (χ0n) is 10.7. The van der Waals surface area contributed by atoms with Gasteiger partial charge in [0.2, 0.25) is 0 Å². The molecule has 0 spiro atoms. The molecule has 0 aromatic carbocycles. The summed E-state index contributed by atoms with van der Waals surface area (Å²) < 4.78 is 5.11. The third-order valence-corrected chi connectivity index (χ3v) is 3.23. The number of nitrogens with zero attached hydrogens (tertiary/aromatic N) is 3. The molecule has 5 nitrogen and oxygen atoms in total. The quantitative estimate of drug-likeness (QED) is 0.848. The number of hydrogen-bond acceptors (Lipinski definition) is 5. The van der Waals surface area contributed by atoms with Crippen LogP contribution in [0.15, 0.2) is 6.07 Å². The second-order valence-corrected chi connectivity index (χ2v) is 4.40. The van der Waals surface area contributed by atoms with Crippen LogP contribution in [0.2, 0.25) is 0 Å². The summed E-state index contributed by atoms with van der Waals surface area (Å²) in [6, 6.07) is 3.11. The summed E-state index contributed by atoms with van der Waals surface area (Å²) in [5, 5.41) is 3.33. The third kappa shape index (κ3) is 2.85. The van der Waals surface area contributed by atoms with Crippen LogP contribution >= 0.6 is 0 Å². The summed E-state index contributed by atoms with van der Waals surface area (Å²) in [7, 11) is 3.63. The van der Waals surface area contributed by atoms with Crippen molar-refractivity contribution in [3.63, 3.8) is 0 Å². The lowest BCUT2D eigenvalue weighted by Gasteiger charge is -2.32. The number of piperidine rings is 1. The second kappa shape index (κ2) is 5.31. The summed E-state index contributed by atoms with van der Waals surface area (Å²) in [4.78, 5) is 10.9. The van der Waals surface area contributed by atoms with Crippen LogP contribution in [-0.2, 0) is 0 Å². The minimum Gasteiger partial charge on any atom is -0.467 e. The van der Waals surface area contributed by atoms with Crippen LogP contribution in [0.1, 0.15) is 18.5 Å². The molecule has 0 bridgehead atoms. The standard InChI is InChI=1S/C12H20N4O/c1-9-8-11(15-12(14-9)17-3)16-6-4-10(13-2)5-7-16/h8,10,13H,4-7H2,1-3H3. The van der Waals surface area contributed by atoms with E-state index >= 15 is 0 Å². The molecule has 2 heterocycles. The molecular formula is C12H20N4O. The maximum atomic E-state index is 5.11. The third-order valence-electron chi connectivity index (χ3n) is 3.23. The molecule has 1 fully saturated rings. The van der Waals surface area contributed by atoms with Crippen LogP contribution in [0.5, 0.6) is 6.01 Å². The minimum absolute atomic E-state index is 0.454.